The first kappa shape index (κ1) is 12.7. The highest BCUT2D eigenvalue weighted by Gasteiger charge is 2.35. The molecule has 0 saturated carbocycles. The standard InChI is InChI=1S/C12H12F3NO2/c1-6-3-8(5-9(4-6)12(13,14)15)10-7(2)16-11(17)18-10/h3-5,7,10H,1-2H3,(H,16,17)/t7-,10?/m0/s1. The van der Waals surface area contributed by atoms with Gasteiger partial charge in [0, 0.05) is 0 Å². The van der Waals surface area contributed by atoms with Crippen molar-refractivity contribution in [3.63, 3.8) is 0 Å². The van der Waals surface area contributed by atoms with Crippen LogP contribution in [0.4, 0.5) is 18.0 Å². The number of alkyl halides is 3. The number of alkyl carbamates (subject to hydrolysis) is 1. The molecule has 0 spiro atoms. The van der Waals surface area contributed by atoms with Crippen molar-refractivity contribution < 1.29 is 22.7 Å². The molecule has 0 aromatic heterocycles. The van der Waals surface area contributed by atoms with E-state index in [1.165, 1.54) is 0 Å². The SMILES string of the molecule is Cc1cc(C2OC(=O)N[C@H]2C)cc(C(F)(F)F)c1. The molecule has 0 radical (unpaired) electrons. The number of carbonyl (C=O) groups is 1. The number of aryl methyl sites for hydroxylation is 1. The molecule has 1 aliphatic rings. The molecule has 3 nitrogen and oxygen atoms in total. The summed E-state index contributed by atoms with van der Waals surface area (Å²) in [6.07, 6.45) is -5.69. The van der Waals surface area contributed by atoms with Crippen molar-refractivity contribution in [2.24, 2.45) is 0 Å². The zero-order valence-electron chi connectivity index (χ0n) is 9.84. The van der Waals surface area contributed by atoms with Crippen LogP contribution in [-0.4, -0.2) is 12.1 Å². The highest BCUT2D eigenvalue weighted by molar-refractivity contribution is 5.70. The van der Waals surface area contributed by atoms with Crippen LogP contribution in [0, 0.1) is 6.92 Å². The molecule has 1 heterocycles. The Morgan fingerprint density at radius 3 is 2.44 bits per heavy atom. The van der Waals surface area contributed by atoms with Crippen LogP contribution in [-0.2, 0) is 10.9 Å². The maximum absolute atomic E-state index is 12.7. The number of rotatable bonds is 1. The lowest BCUT2D eigenvalue weighted by Gasteiger charge is -2.16. The summed E-state index contributed by atoms with van der Waals surface area (Å²) in [5.74, 6) is 0. The second kappa shape index (κ2) is 4.19. The summed E-state index contributed by atoms with van der Waals surface area (Å²) < 4.78 is 43.0. The number of benzene rings is 1. The lowest BCUT2D eigenvalue weighted by atomic mass is 9.99. The van der Waals surface area contributed by atoms with Crippen LogP contribution in [0.2, 0.25) is 0 Å². The van der Waals surface area contributed by atoms with E-state index in [-0.39, 0.29) is 6.04 Å². The van der Waals surface area contributed by atoms with Crippen molar-refractivity contribution in [2.75, 3.05) is 0 Å². The van der Waals surface area contributed by atoms with Gasteiger partial charge in [0.25, 0.3) is 0 Å². The molecule has 1 fully saturated rings. The third-order valence-corrected chi connectivity index (χ3v) is 2.79. The minimum atomic E-state index is -4.40. The number of hydrogen-bond donors (Lipinski definition) is 1. The number of halogens is 3. The Labute approximate surface area is 102 Å². The van der Waals surface area contributed by atoms with Crippen LogP contribution in [0.3, 0.4) is 0 Å². The number of amides is 1. The molecule has 1 N–H and O–H groups in total. The van der Waals surface area contributed by atoms with Crippen molar-refractivity contribution in [2.45, 2.75) is 32.2 Å². The first-order valence-corrected chi connectivity index (χ1v) is 5.43. The maximum atomic E-state index is 12.7. The average molecular weight is 259 g/mol. The van der Waals surface area contributed by atoms with Crippen LogP contribution in [0.1, 0.15) is 29.7 Å². The van der Waals surface area contributed by atoms with E-state index in [0.29, 0.717) is 11.1 Å². The van der Waals surface area contributed by atoms with Gasteiger partial charge in [-0.25, -0.2) is 4.79 Å². The Morgan fingerprint density at radius 2 is 1.94 bits per heavy atom. The molecule has 2 rings (SSSR count). The molecular formula is C12H12F3NO2. The van der Waals surface area contributed by atoms with Crippen LogP contribution in [0.25, 0.3) is 0 Å². The van der Waals surface area contributed by atoms with Crippen molar-refractivity contribution in [3.8, 4) is 0 Å². The Morgan fingerprint density at radius 1 is 1.28 bits per heavy atom. The van der Waals surface area contributed by atoms with Gasteiger partial charge in [-0.05, 0) is 31.5 Å². The van der Waals surface area contributed by atoms with Crippen LogP contribution in [0.5, 0.6) is 0 Å². The van der Waals surface area contributed by atoms with Gasteiger partial charge in [-0.3, -0.25) is 0 Å². The van der Waals surface area contributed by atoms with E-state index < -0.39 is 23.9 Å². The summed E-state index contributed by atoms with van der Waals surface area (Å²) >= 11 is 0. The highest BCUT2D eigenvalue weighted by atomic mass is 19.4. The third-order valence-electron chi connectivity index (χ3n) is 2.79. The number of nitrogens with one attached hydrogen (secondary N) is 1. The van der Waals surface area contributed by atoms with Crippen molar-refractivity contribution >= 4 is 6.09 Å². The Balaban J connectivity index is 2.40. The molecule has 0 bridgehead atoms. The predicted octanol–water partition coefficient (Wildman–Crippen LogP) is 3.18. The van der Waals surface area contributed by atoms with Gasteiger partial charge in [0.05, 0.1) is 11.6 Å². The molecule has 1 saturated heterocycles. The fourth-order valence-corrected chi connectivity index (χ4v) is 2.01. The van der Waals surface area contributed by atoms with E-state index in [1.807, 2.05) is 0 Å². The molecule has 18 heavy (non-hydrogen) atoms. The van der Waals surface area contributed by atoms with Gasteiger partial charge < -0.3 is 10.1 Å². The molecule has 1 unspecified atom stereocenters. The molecule has 6 heteroatoms. The second-order valence-corrected chi connectivity index (χ2v) is 4.39. The molecular weight excluding hydrogens is 247 g/mol. The van der Waals surface area contributed by atoms with Crippen molar-refractivity contribution in [3.05, 3.63) is 34.9 Å². The van der Waals surface area contributed by atoms with Gasteiger partial charge in [0.2, 0.25) is 0 Å². The van der Waals surface area contributed by atoms with E-state index >= 15 is 0 Å². The third kappa shape index (κ3) is 2.42. The fourth-order valence-electron chi connectivity index (χ4n) is 2.01. The summed E-state index contributed by atoms with van der Waals surface area (Å²) in [5, 5.41) is 2.50. The van der Waals surface area contributed by atoms with E-state index in [0.717, 1.165) is 12.1 Å². The Kier molecular flexibility index (Phi) is 2.96. The van der Waals surface area contributed by atoms with Gasteiger partial charge in [0.1, 0.15) is 6.10 Å². The summed E-state index contributed by atoms with van der Waals surface area (Å²) in [7, 11) is 0. The number of ether oxygens (including phenoxy) is 1. The van der Waals surface area contributed by atoms with Crippen LogP contribution >= 0.6 is 0 Å². The van der Waals surface area contributed by atoms with E-state index in [9.17, 15) is 18.0 Å². The van der Waals surface area contributed by atoms with E-state index in [1.54, 1.807) is 19.9 Å². The highest BCUT2D eigenvalue weighted by Crippen LogP contribution is 2.34. The van der Waals surface area contributed by atoms with Gasteiger partial charge >= 0.3 is 12.3 Å². The maximum Gasteiger partial charge on any atom is 0.416 e. The molecule has 1 amide bonds. The lowest BCUT2D eigenvalue weighted by Crippen LogP contribution is -2.24. The summed E-state index contributed by atoms with van der Waals surface area (Å²) in [6, 6.07) is 3.34. The zero-order valence-corrected chi connectivity index (χ0v) is 9.84. The number of cyclic esters (lactones) is 1. The van der Waals surface area contributed by atoms with Gasteiger partial charge in [-0.1, -0.05) is 11.6 Å². The quantitative estimate of drug-likeness (QED) is 0.841. The van der Waals surface area contributed by atoms with Gasteiger partial charge in [0.15, 0.2) is 0 Å². The minimum absolute atomic E-state index is 0.347. The number of hydrogen-bond acceptors (Lipinski definition) is 2. The molecule has 98 valence electrons. The number of carbonyl (C=O) groups excluding carboxylic acids is 1. The minimum Gasteiger partial charge on any atom is -0.439 e. The molecule has 1 aliphatic heterocycles. The molecule has 1 aromatic carbocycles. The van der Waals surface area contributed by atoms with Crippen molar-refractivity contribution in [1.29, 1.82) is 0 Å². The van der Waals surface area contributed by atoms with E-state index in [2.05, 4.69) is 5.32 Å². The first-order chi connectivity index (χ1) is 8.27. The molecule has 1 aromatic rings. The second-order valence-electron chi connectivity index (χ2n) is 4.39. The largest absolute Gasteiger partial charge is 0.439 e. The predicted molar refractivity (Wildman–Crippen MR) is 58.0 cm³/mol. The molecule has 2 atom stereocenters. The zero-order chi connectivity index (χ0) is 13.5. The van der Waals surface area contributed by atoms with Crippen LogP contribution < -0.4 is 5.32 Å². The average Bonchev–Trinajstić information content (AvgIpc) is 2.55. The summed E-state index contributed by atoms with van der Waals surface area (Å²) in [5.41, 5.74) is 0.107. The monoisotopic (exact) mass is 259 g/mol. The first-order valence-electron chi connectivity index (χ1n) is 5.43. The fraction of sp³-hybridized carbons (Fsp3) is 0.417. The topological polar surface area (TPSA) is 38.3 Å². The van der Waals surface area contributed by atoms with Crippen molar-refractivity contribution in [1.82, 2.24) is 5.32 Å². The van der Waals surface area contributed by atoms with Gasteiger partial charge in [-0.15, -0.1) is 0 Å². The lowest BCUT2D eigenvalue weighted by molar-refractivity contribution is -0.137. The smallest absolute Gasteiger partial charge is 0.416 e. The van der Waals surface area contributed by atoms with Crippen LogP contribution in [0.15, 0.2) is 18.2 Å². The summed E-state index contributed by atoms with van der Waals surface area (Å²) in [4.78, 5) is 11.0. The Hall–Kier alpha value is -1.72. The summed E-state index contributed by atoms with van der Waals surface area (Å²) in [6.45, 7) is 3.26. The van der Waals surface area contributed by atoms with Gasteiger partial charge in [-0.2, -0.15) is 13.2 Å². The Bertz CT molecular complexity index is 485. The normalized spacial score (nSPS) is 23.7. The molecule has 0 aliphatic carbocycles. The van der Waals surface area contributed by atoms with E-state index in [4.69, 9.17) is 4.74 Å².